The van der Waals surface area contributed by atoms with Gasteiger partial charge in [-0.25, -0.2) is 9.18 Å². The molecule has 0 bridgehead atoms. The van der Waals surface area contributed by atoms with E-state index in [-0.39, 0.29) is 35.3 Å². The molecule has 0 N–H and O–H groups in total. The van der Waals surface area contributed by atoms with Crippen molar-refractivity contribution >= 4 is 32.1 Å². The van der Waals surface area contributed by atoms with Crippen LogP contribution in [0.3, 0.4) is 0 Å². The third-order valence-electron chi connectivity index (χ3n) is 7.67. The Morgan fingerprint density at radius 3 is 2.28 bits per heavy atom. The summed E-state index contributed by atoms with van der Waals surface area (Å²) in [6.07, 6.45) is 8.98. The molecule has 0 saturated heterocycles. The summed E-state index contributed by atoms with van der Waals surface area (Å²) in [4.78, 5) is 33.9. The summed E-state index contributed by atoms with van der Waals surface area (Å²) in [5.41, 5.74) is 2.42. The molecule has 0 radical (unpaired) electrons. The standard InChI is InChI=1S/C32H40FN2O3P/c1-21(2)38-30(37)24-9-7-22(8-10-24)27(17-18-31(3,4)5)35-29(36)28(23-11-13-25(33)14-12-23)34-32(35)19-15-26(39-6)16-20-32/h7-14,21,26-27H,6,15-20H2,1-5H3. The lowest BCUT2D eigenvalue weighted by molar-refractivity contribution is -0.133. The van der Waals surface area contributed by atoms with Crippen molar-refractivity contribution in [2.45, 2.75) is 96.6 Å². The molecule has 1 fully saturated rings. The SMILES string of the molecule is C=PC1CCC2(CC1)N=C(c1ccc(F)cc1)C(=O)N2C(CCC(C)(C)C)c1ccc(C(=O)OC(C)C)cc1. The number of hydrogen-bond donors (Lipinski definition) is 0. The Morgan fingerprint density at radius 1 is 1.13 bits per heavy atom. The van der Waals surface area contributed by atoms with Crippen molar-refractivity contribution in [1.82, 2.24) is 4.90 Å². The Balaban J connectivity index is 1.76. The smallest absolute Gasteiger partial charge is 0.338 e. The summed E-state index contributed by atoms with van der Waals surface area (Å²) in [6, 6.07) is 13.3. The molecule has 1 amide bonds. The molecule has 2 aromatic rings. The number of nitrogens with zero attached hydrogens (tertiary/aromatic N) is 2. The molecule has 2 aliphatic rings. The molecule has 208 valence electrons. The van der Waals surface area contributed by atoms with E-state index in [9.17, 15) is 14.0 Å². The van der Waals surface area contributed by atoms with Gasteiger partial charge >= 0.3 is 5.97 Å². The van der Waals surface area contributed by atoms with Gasteiger partial charge in [-0.2, -0.15) is 0 Å². The van der Waals surface area contributed by atoms with Gasteiger partial charge in [-0.3, -0.25) is 9.79 Å². The number of carbonyl (C=O) groups excluding carboxylic acids is 2. The quantitative estimate of drug-likeness (QED) is 0.251. The summed E-state index contributed by atoms with van der Waals surface area (Å²) in [7, 11) is 1.13. The molecular weight excluding hydrogens is 510 g/mol. The van der Waals surface area contributed by atoms with Crippen LogP contribution < -0.4 is 0 Å². The van der Waals surface area contributed by atoms with E-state index in [2.05, 4.69) is 27.1 Å². The summed E-state index contributed by atoms with van der Waals surface area (Å²) in [5, 5.41) is 0. The Kier molecular flexibility index (Phi) is 8.75. The number of hydrogen-bond acceptors (Lipinski definition) is 4. The zero-order chi connectivity index (χ0) is 28.4. The fraction of sp³-hybridized carbons (Fsp3) is 0.500. The van der Waals surface area contributed by atoms with Crippen LogP contribution in [0.25, 0.3) is 0 Å². The first-order chi connectivity index (χ1) is 18.4. The molecule has 1 aliphatic heterocycles. The molecule has 1 atom stereocenters. The van der Waals surface area contributed by atoms with Gasteiger partial charge in [-0.1, -0.05) is 39.2 Å². The molecule has 0 aromatic heterocycles. The number of aliphatic imine (C=N–C) groups is 1. The van der Waals surface area contributed by atoms with Crippen LogP contribution in [0.4, 0.5) is 4.39 Å². The number of esters is 1. The van der Waals surface area contributed by atoms with Crippen LogP contribution in [-0.2, 0) is 9.53 Å². The third-order valence-corrected chi connectivity index (χ3v) is 8.71. The first kappa shape index (κ1) is 29.1. The predicted octanol–water partition coefficient (Wildman–Crippen LogP) is 7.61. The Morgan fingerprint density at radius 2 is 1.74 bits per heavy atom. The summed E-state index contributed by atoms with van der Waals surface area (Å²) in [6.45, 7) is 10.3. The molecular formula is C32H40FN2O3P. The zero-order valence-electron chi connectivity index (χ0n) is 23.7. The van der Waals surface area contributed by atoms with Crippen molar-refractivity contribution in [2.24, 2.45) is 10.4 Å². The minimum atomic E-state index is -0.653. The largest absolute Gasteiger partial charge is 0.459 e. The van der Waals surface area contributed by atoms with Gasteiger partial charge in [0.2, 0.25) is 0 Å². The van der Waals surface area contributed by atoms with Crippen molar-refractivity contribution in [3.05, 3.63) is 71.0 Å². The van der Waals surface area contributed by atoms with Crippen LogP contribution in [0.1, 0.15) is 101 Å². The number of halogens is 1. The molecule has 1 heterocycles. The van der Waals surface area contributed by atoms with Crippen LogP contribution in [0.2, 0.25) is 0 Å². The van der Waals surface area contributed by atoms with E-state index in [4.69, 9.17) is 9.73 Å². The van der Waals surface area contributed by atoms with Crippen LogP contribution >= 0.6 is 8.20 Å². The van der Waals surface area contributed by atoms with Crippen molar-refractivity contribution in [1.29, 1.82) is 0 Å². The molecule has 1 aliphatic carbocycles. The van der Waals surface area contributed by atoms with Gasteiger partial charge in [-0.15, -0.1) is 8.20 Å². The maximum atomic E-state index is 14.3. The third kappa shape index (κ3) is 6.66. The van der Waals surface area contributed by atoms with Gasteiger partial charge in [0.15, 0.2) is 0 Å². The van der Waals surface area contributed by atoms with Gasteiger partial charge < -0.3 is 9.64 Å². The second kappa shape index (κ2) is 11.7. The highest BCUT2D eigenvalue weighted by Gasteiger charge is 2.51. The van der Waals surface area contributed by atoms with Crippen LogP contribution in [0, 0.1) is 11.2 Å². The highest BCUT2D eigenvalue weighted by molar-refractivity contribution is 7.37. The van der Waals surface area contributed by atoms with E-state index < -0.39 is 5.66 Å². The first-order valence-corrected chi connectivity index (χ1v) is 15.0. The van der Waals surface area contributed by atoms with Crippen LogP contribution in [0.15, 0.2) is 53.5 Å². The topological polar surface area (TPSA) is 59.0 Å². The molecule has 1 unspecified atom stereocenters. The fourth-order valence-electron chi connectivity index (χ4n) is 5.58. The predicted molar refractivity (Wildman–Crippen MR) is 157 cm³/mol. The lowest BCUT2D eigenvalue weighted by Gasteiger charge is -2.45. The number of rotatable bonds is 8. The highest BCUT2D eigenvalue weighted by atomic mass is 31.1. The molecule has 5 nitrogen and oxygen atoms in total. The number of carbonyl (C=O) groups is 2. The average Bonchev–Trinajstić information content (AvgIpc) is 3.16. The summed E-state index contributed by atoms with van der Waals surface area (Å²) < 4.78 is 19.1. The van der Waals surface area contributed by atoms with E-state index in [1.807, 2.05) is 30.9 Å². The zero-order valence-corrected chi connectivity index (χ0v) is 24.6. The van der Waals surface area contributed by atoms with E-state index in [1.165, 1.54) is 12.1 Å². The van der Waals surface area contributed by atoms with E-state index >= 15 is 0 Å². The minimum Gasteiger partial charge on any atom is -0.459 e. The fourth-order valence-corrected chi connectivity index (χ4v) is 6.20. The molecule has 4 rings (SSSR count). The van der Waals surface area contributed by atoms with Gasteiger partial charge in [0.05, 0.1) is 17.7 Å². The highest BCUT2D eigenvalue weighted by Crippen LogP contribution is 2.47. The maximum Gasteiger partial charge on any atom is 0.338 e. The summed E-state index contributed by atoms with van der Waals surface area (Å²) in [5.74, 6) is -0.816. The van der Waals surface area contributed by atoms with Gasteiger partial charge in [0.1, 0.15) is 17.2 Å². The van der Waals surface area contributed by atoms with Gasteiger partial charge in [0, 0.05) is 11.2 Å². The molecule has 2 aromatic carbocycles. The first-order valence-electron chi connectivity index (χ1n) is 13.9. The van der Waals surface area contributed by atoms with Crippen molar-refractivity contribution < 1.29 is 18.7 Å². The maximum absolute atomic E-state index is 14.3. The molecule has 1 saturated carbocycles. The Hall–Kier alpha value is -2.85. The second-order valence-electron chi connectivity index (χ2n) is 12.2. The molecule has 7 heteroatoms. The van der Waals surface area contributed by atoms with Crippen molar-refractivity contribution in [3.8, 4) is 0 Å². The lowest BCUT2D eigenvalue weighted by Crippen LogP contribution is -2.51. The molecule has 39 heavy (non-hydrogen) atoms. The lowest BCUT2D eigenvalue weighted by atomic mass is 9.83. The number of amides is 1. The van der Waals surface area contributed by atoms with Crippen molar-refractivity contribution in [2.75, 3.05) is 0 Å². The Bertz CT molecular complexity index is 1220. The van der Waals surface area contributed by atoms with Crippen LogP contribution in [0.5, 0.6) is 0 Å². The van der Waals surface area contributed by atoms with Crippen molar-refractivity contribution in [3.63, 3.8) is 0 Å². The monoisotopic (exact) mass is 550 g/mol. The number of benzene rings is 2. The van der Waals surface area contributed by atoms with E-state index in [0.29, 0.717) is 22.5 Å². The van der Waals surface area contributed by atoms with E-state index in [0.717, 1.165) is 52.3 Å². The van der Waals surface area contributed by atoms with Gasteiger partial charge in [-0.05, 0) is 99.7 Å². The normalized spacial score (nSPS) is 22.4. The van der Waals surface area contributed by atoms with Gasteiger partial charge in [0.25, 0.3) is 5.91 Å². The summed E-state index contributed by atoms with van der Waals surface area (Å²) >= 11 is 0. The number of ether oxygens (including phenoxy) is 1. The Labute approximate surface area is 233 Å². The molecule has 1 spiro atoms. The second-order valence-corrected chi connectivity index (χ2v) is 13.3. The van der Waals surface area contributed by atoms with Crippen LogP contribution in [-0.4, -0.2) is 46.2 Å². The minimum absolute atomic E-state index is 0.0697. The van der Waals surface area contributed by atoms with E-state index in [1.54, 1.807) is 24.3 Å². The average molecular weight is 551 g/mol.